The monoisotopic (exact) mass is 365 g/mol. The SMILES string of the molecule is CCNC(=NCc1ccc(N2CCCCC2=O)cc1)NCc1ccccn1. The van der Waals surface area contributed by atoms with Crippen molar-refractivity contribution in [2.75, 3.05) is 18.0 Å². The summed E-state index contributed by atoms with van der Waals surface area (Å²) >= 11 is 0. The summed E-state index contributed by atoms with van der Waals surface area (Å²) in [4.78, 5) is 22.9. The fourth-order valence-electron chi connectivity index (χ4n) is 3.05. The number of carbonyl (C=O) groups is 1. The van der Waals surface area contributed by atoms with Crippen molar-refractivity contribution in [2.24, 2.45) is 4.99 Å². The van der Waals surface area contributed by atoms with E-state index in [1.54, 1.807) is 6.20 Å². The Morgan fingerprint density at radius 3 is 2.70 bits per heavy atom. The molecule has 1 saturated heterocycles. The molecule has 6 heteroatoms. The Morgan fingerprint density at radius 2 is 2.00 bits per heavy atom. The van der Waals surface area contributed by atoms with E-state index >= 15 is 0 Å². The molecule has 142 valence electrons. The molecule has 2 N–H and O–H groups in total. The fraction of sp³-hybridized carbons (Fsp3) is 0.381. The van der Waals surface area contributed by atoms with E-state index in [-0.39, 0.29) is 5.91 Å². The Balaban J connectivity index is 1.59. The number of benzene rings is 1. The Hall–Kier alpha value is -2.89. The van der Waals surface area contributed by atoms with Crippen molar-refractivity contribution < 1.29 is 4.79 Å². The van der Waals surface area contributed by atoms with Crippen LogP contribution in [0.4, 0.5) is 5.69 Å². The van der Waals surface area contributed by atoms with E-state index in [2.05, 4.69) is 20.6 Å². The van der Waals surface area contributed by atoms with Gasteiger partial charge in [0.1, 0.15) is 0 Å². The van der Waals surface area contributed by atoms with Crippen molar-refractivity contribution in [1.82, 2.24) is 15.6 Å². The molecular weight excluding hydrogens is 338 g/mol. The zero-order valence-corrected chi connectivity index (χ0v) is 15.8. The van der Waals surface area contributed by atoms with Gasteiger partial charge in [-0.1, -0.05) is 18.2 Å². The predicted molar refractivity (Wildman–Crippen MR) is 109 cm³/mol. The Labute approximate surface area is 160 Å². The number of guanidine groups is 1. The molecule has 1 fully saturated rings. The summed E-state index contributed by atoms with van der Waals surface area (Å²) < 4.78 is 0. The second kappa shape index (κ2) is 9.71. The maximum atomic E-state index is 12.0. The number of pyridine rings is 1. The quantitative estimate of drug-likeness (QED) is 0.610. The molecule has 1 amide bonds. The first-order valence-corrected chi connectivity index (χ1v) is 9.57. The largest absolute Gasteiger partial charge is 0.357 e. The maximum absolute atomic E-state index is 12.0. The first-order chi connectivity index (χ1) is 13.3. The van der Waals surface area contributed by atoms with Crippen LogP contribution in [0.5, 0.6) is 0 Å². The molecule has 1 aliphatic rings. The summed E-state index contributed by atoms with van der Waals surface area (Å²) in [5.41, 5.74) is 3.06. The van der Waals surface area contributed by atoms with Gasteiger partial charge in [-0.2, -0.15) is 0 Å². The van der Waals surface area contributed by atoms with E-state index in [4.69, 9.17) is 0 Å². The lowest BCUT2D eigenvalue weighted by atomic mass is 10.1. The van der Waals surface area contributed by atoms with Gasteiger partial charge in [0.15, 0.2) is 5.96 Å². The number of amides is 1. The average molecular weight is 365 g/mol. The van der Waals surface area contributed by atoms with Gasteiger partial charge >= 0.3 is 0 Å². The number of hydrogen-bond donors (Lipinski definition) is 2. The van der Waals surface area contributed by atoms with Gasteiger partial charge in [-0.15, -0.1) is 0 Å². The highest BCUT2D eigenvalue weighted by Crippen LogP contribution is 2.21. The van der Waals surface area contributed by atoms with Crippen LogP contribution in [0.25, 0.3) is 0 Å². The highest BCUT2D eigenvalue weighted by Gasteiger charge is 2.19. The number of aromatic nitrogens is 1. The predicted octanol–water partition coefficient (Wildman–Crippen LogP) is 2.85. The third-order valence-corrected chi connectivity index (χ3v) is 4.50. The summed E-state index contributed by atoms with van der Waals surface area (Å²) in [6, 6.07) is 14.0. The smallest absolute Gasteiger partial charge is 0.226 e. The first kappa shape index (κ1) is 18.9. The summed E-state index contributed by atoms with van der Waals surface area (Å²) in [6.45, 7) is 4.86. The minimum absolute atomic E-state index is 0.222. The minimum atomic E-state index is 0.222. The number of aliphatic imine (C=N–C) groups is 1. The van der Waals surface area contributed by atoms with Gasteiger partial charge in [0, 0.05) is 31.4 Å². The van der Waals surface area contributed by atoms with Crippen molar-refractivity contribution >= 4 is 17.6 Å². The standard InChI is InChI=1S/C21H27N5O/c1-2-22-21(25-16-18-7-3-5-13-23-18)24-15-17-9-11-19(12-10-17)26-14-6-4-8-20(26)27/h3,5,7,9-13H,2,4,6,8,14-16H2,1H3,(H2,22,24,25). The molecule has 0 bridgehead atoms. The number of anilines is 1. The molecule has 0 unspecified atom stereocenters. The second-order valence-corrected chi connectivity index (χ2v) is 6.54. The molecule has 0 spiro atoms. The number of piperidine rings is 1. The third kappa shape index (κ3) is 5.54. The van der Waals surface area contributed by atoms with Crippen molar-refractivity contribution in [3.05, 3.63) is 59.9 Å². The van der Waals surface area contributed by atoms with Crippen LogP contribution in [0.2, 0.25) is 0 Å². The van der Waals surface area contributed by atoms with E-state index in [1.165, 1.54) is 0 Å². The number of nitrogens with zero attached hydrogens (tertiary/aromatic N) is 3. The fourth-order valence-corrected chi connectivity index (χ4v) is 3.05. The van der Waals surface area contributed by atoms with E-state index in [0.29, 0.717) is 19.5 Å². The van der Waals surface area contributed by atoms with Gasteiger partial charge in [-0.3, -0.25) is 9.78 Å². The number of carbonyl (C=O) groups excluding carboxylic acids is 1. The van der Waals surface area contributed by atoms with Gasteiger partial charge in [0.25, 0.3) is 0 Å². The van der Waals surface area contributed by atoms with E-state index < -0.39 is 0 Å². The molecule has 1 aliphatic heterocycles. The summed E-state index contributed by atoms with van der Waals surface area (Å²) in [5.74, 6) is 0.985. The lowest BCUT2D eigenvalue weighted by molar-refractivity contribution is -0.119. The topological polar surface area (TPSA) is 69.6 Å². The van der Waals surface area contributed by atoms with Crippen LogP contribution in [0.3, 0.4) is 0 Å². The molecule has 6 nitrogen and oxygen atoms in total. The average Bonchev–Trinajstić information content (AvgIpc) is 2.72. The van der Waals surface area contributed by atoms with Crippen LogP contribution in [0.1, 0.15) is 37.4 Å². The van der Waals surface area contributed by atoms with E-state index in [9.17, 15) is 4.79 Å². The normalized spacial score (nSPS) is 14.9. The first-order valence-electron chi connectivity index (χ1n) is 9.57. The van der Waals surface area contributed by atoms with Crippen LogP contribution in [0.15, 0.2) is 53.7 Å². The number of rotatable bonds is 6. The second-order valence-electron chi connectivity index (χ2n) is 6.54. The van der Waals surface area contributed by atoms with Crippen LogP contribution >= 0.6 is 0 Å². The summed E-state index contributed by atoms with van der Waals surface area (Å²) in [7, 11) is 0. The van der Waals surface area contributed by atoms with Crippen LogP contribution in [-0.2, 0) is 17.9 Å². The van der Waals surface area contributed by atoms with Crippen molar-refractivity contribution in [1.29, 1.82) is 0 Å². The lowest BCUT2D eigenvalue weighted by Gasteiger charge is -2.26. The Morgan fingerprint density at radius 1 is 1.15 bits per heavy atom. The molecule has 3 rings (SSSR count). The Kier molecular flexibility index (Phi) is 6.79. The number of hydrogen-bond acceptors (Lipinski definition) is 3. The molecule has 0 saturated carbocycles. The summed E-state index contributed by atoms with van der Waals surface area (Å²) in [5, 5.41) is 6.55. The van der Waals surface area contributed by atoms with Crippen molar-refractivity contribution in [3.8, 4) is 0 Å². The lowest BCUT2D eigenvalue weighted by Crippen LogP contribution is -2.37. The molecule has 27 heavy (non-hydrogen) atoms. The molecular formula is C21H27N5O. The zero-order valence-electron chi connectivity index (χ0n) is 15.8. The van der Waals surface area contributed by atoms with E-state index in [0.717, 1.165) is 48.8 Å². The van der Waals surface area contributed by atoms with Gasteiger partial charge in [0.2, 0.25) is 5.91 Å². The number of nitrogens with one attached hydrogen (secondary N) is 2. The van der Waals surface area contributed by atoms with Crippen molar-refractivity contribution in [3.63, 3.8) is 0 Å². The van der Waals surface area contributed by atoms with Gasteiger partial charge < -0.3 is 15.5 Å². The molecule has 1 aromatic carbocycles. The van der Waals surface area contributed by atoms with Gasteiger partial charge in [0.05, 0.1) is 18.8 Å². The molecule has 0 atom stereocenters. The third-order valence-electron chi connectivity index (χ3n) is 4.50. The summed E-state index contributed by atoms with van der Waals surface area (Å²) in [6.07, 6.45) is 4.52. The van der Waals surface area contributed by atoms with Gasteiger partial charge in [-0.05, 0) is 49.6 Å². The van der Waals surface area contributed by atoms with Gasteiger partial charge in [-0.25, -0.2) is 4.99 Å². The molecule has 2 heterocycles. The minimum Gasteiger partial charge on any atom is -0.357 e. The van der Waals surface area contributed by atoms with E-state index in [1.807, 2.05) is 54.3 Å². The highest BCUT2D eigenvalue weighted by atomic mass is 16.2. The van der Waals surface area contributed by atoms with Crippen LogP contribution < -0.4 is 15.5 Å². The molecule has 1 aromatic heterocycles. The highest BCUT2D eigenvalue weighted by molar-refractivity contribution is 5.93. The molecule has 0 radical (unpaired) electrons. The Bertz CT molecular complexity index is 758. The van der Waals surface area contributed by atoms with Crippen molar-refractivity contribution in [2.45, 2.75) is 39.3 Å². The maximum Gasteiger partial charge on any atom is 0.226 e. The zero-order chi connectivity index (χ0) is 18.9. The molecule has 0 aliphatic carbocycles. The molecule has 2 aromatic rings. The van der Waals surface area contributed by atoms with Crippen LogP contribution in [-0.4, -0.2) is 29.9 Å². The van der Waals surface area contributed by atoms with Crippen LogP contribution in [0, 0.1) is 0 Å².